The molecule has 2 aliphatic carbocycles. The third-order valence-electron chi connectivity index (χ3n) is 6.26. The predicted molar refractivity (Wildman–Crippen MR) is 161 cm³/mol. The highest BCUT2D eigenvalue weighted by Crippen LogP contribution is 2.45. The lowest BCUT2D eigenvalue weighted by molar-refractivity contribution is 0.626. The molecule has 35 heavy (non-hydrogen) atoms. The summed E-state index contributed by atoms with van der Waals surface area (Å²) >= 11 is 0. The molecule has 5 rings (SSSR count). The van der Waals surface area contributed by atoms with Crippen LogP contribution in [0, 0.1) is 5.92 Å². The average Bonchev–Trinajstić information content (AvgIpc) is 3.24. The summed E-state index contributed by atoms with van der Waals surface area (Å²) in [4.78, 5) is 0. The van der Waals surface area contributed by atoms with Crippen LogP contribution in [-0.2, 0) is 0 Å². The topological polar surface area (TPSA) is 0 Å². The van der Waals surface area contributed by atoms with Gasteiger partial charge >= 0.3 is 0 Å². The van der Waals surface area contributed by atoms with Crippen molar-refractivity contribution in [3.05, 3.63) is 113 Å². The van der Waals surface area contributed by atoms with E-state index in [4.69, 9.17) is 0 Å². The summed E-state index contributed by atoms with van der Waals surface area (Å²) in [7, 11) is 0. The van der Waals surface area contributed by atoms with E-state index in [1.54, 1.807) is 0 Å². The minimum atomic E-state index is 0.884. The SMILES string of the molecule is C/C(=C\C1=C2CC=CC=C2c2ccccc21)c1ccc2ccccc2c1.CC.CC.CCC(C)C. The molecule has 0 atom stereocenters. The highest BCUT2D eigenvalue weighted by molar-refractivity contribution is 6.05. The summed E-state index contributed by atoms with van der Waals surface area (Å²) in [5.74, 6) is 0.884. The molecule has 0 unspecified atom stereocenters. The van der Waals surface area contributed by atoms with E-state index in [2.05, 4.69) is 119 Å². The Hall–Kier alpha value is -3.12. The molecule has 3 aromatic rings. The first-order chi connectivity index (χ1) is 17.1. The van der Waals surface area contributed by atoms with Crippen molar-refractivity contribution < 1.29 is 0 Å². The van der Waals surface area contributed by atoms with Gasteiger partial charge in [-0.3, -0.25) is 0 Å². The Kier molecular flexibility index (Phi) is 11.5. The van der Waals surface area contributed by atoms with Gasteiger partial charge in [-0.1, -0.05) is 140 Å². The largest absolute Gasteiger partial charge is 0.0801 e. The smallest absolute Gasteiger partial charge is 0.00820 e. The van der Waals surface area contributed by atoms with Gasteiger partial charge in [-0.25, -0.2) is 0 Å². The Morgan fingerprint density at radius 3 is 2.09 bits per heavy atom. The van der Waals surface area contributed by atoms with Crippen molar-refractivity contribution in [3.8, 4) is 0 Å². The molecular formula is C35H44. The first-order valence-electron chi connectivity index (χ1n) is 13.5. The van der Waals surface area contributed by atoms with Crippen LogP contribution in [0.5, 0.6) is 0 Å². The Balaban J connectivity index is 0.000000423. The first kappa shape index (κ1) is 28.1. The van der Waals surface area contributed by atoms with Gasteiger partial charge in [-0.05, 0) is 75.1 Å². The van der Waals surface area contributed by atoms with Crippen LogP contribution in [-0.4, -0.2) is 0 Å². The molecule has 0 aromatic heterocycles. The van der Waals surface area contributed by atoms with Crippen LogP contribution in [0.25, 0.3) is 27.5 Å². The second-order valence-corrected chi connectivity index (χ2v) is 8.84. The molecule has 0 N–H and O–H groups in total. The summed E-state index contributed by atoms with van der Waals surface area (Å²) in [5.41, 5.74) is 9.54. The number of hydrogen-bond acceptors (Lipinski definition) is 0. The van der Waals surface area contributed by atoms with Crippen LogP contribution < -0.4 is 0 Å². The van der Waals surface area contributed by atoms with Gasteiger partial charge in [0, 0.05) is 0 Å². The maximum atomic E-state index is 2.37. The normalized spacial score (nSPS) is 13.5. The first-order valence-corrected chi connectivity index (χ1v) is 13.5. The monoisotopic (exact) mass is 464 g/mol. The highest BCUT2D eigenvalue weighted by Gasteiger charge is 2.24. The molecule has 0 radical (unpaired) electrons. The van der Waals surface area contributed by atoms with Crippen LogP contribution >= 0.6 is 0 Å². The zero-order valence-electron chi connectivity index (χ0n) is 23.2. The van der Waals surface area contributed by atoms with Gasteiger partial charge < -0.3 is 0 Å². The van der Waals surface area contributed by atoms with Gasteiger partial charge in [0.15, 0.2) is 0 Å². The number of fused-ring (bicyclic) bond motifs is 4. The molecule has 0 fully saturated rings. The van der Waals surface area contributed by atoms with Crippen molar-refractivity contribution >= 4 is 27.5 Å². The van der Waals surface area contributed by atoms with E-state index < -0.39 is 0 Å². The molecule has 0 heterocycles. The van der Waals surface area contributed by atoms with E-state index >= 15 is 0 Å². The Morgan fingerprint density at radius 1 is 0.829 bits per heavy atom. The summed E-state index contributed by atoms with van der Waals surface area (Å²) in [5, 5.41) is 2.59. The summed E-state index contributed by atoms with van der Waals surface area (Å²) in [6.45, 7) is 16.9. The fourth-order valence-electron chi connectivity index (χ4n) is 4.08. The minimum absolute atomic E-state index is 0.884. The Bertz CT molecular complexity index is 1210. The lowest BCUT2D eigenvalue weighted by Crippen LogP contribution is -1.87. The molecule has 0 saturated carbocycles. The van der Waals surface area contributed by atoms with Crippen LogP contribution in [0.15, 0.2) is 96.6 Å². The molecule has 0 nitrogen and oxygen atoms in total. The molecular weight excluding hydrogens is 420 g/mol. The molecule has 0 saturated heterocycles. The fourth-order valence-corrected chi connectivity index (χ4v) is 4.08. The van der Waals surface area contributed by atoms with Crippen molar-refractivity contribution in [1.82, 2.24) is 0 Å². The number of rotatable bonds is 3. The van der Waals surface area contributed by atoms with E-state index in [0.29, 0.717) is 0 Å². The average molecular weight is 465 g/mol. The molecule has 184 valence electrons. The molecule has 3 aromatic carbocycles. The quantitative estimate of drug-likeness (QED) is 0.361. The minimum Gasteiger partial charge on any atom is -0.0801 e. The second-order valence-electron chi connectivity index (χ2n) is 8.84. The fraction of sp³-hybridized carbons (Fsp3) is 0.314. The molecule has 0 spiro atoms. The summed E-state index contributed by atoms with van der Waals surface area (Å²) in [6, 6.07) is 24.1. The van der Waals surface area contributed by atoms with Gasteiger partial charge in [0.2, 0.25) is 0 Å². The molecule has 2 aliphatic rings. The van der Waals surface area contributed by atoms with Gasteiger partial charge in [0.05, 0.1) is 0 Å². The number of benzene rings is 3. The number of allylic oxidation sites excluding steroid dienone is 8. The van der Waals surface area contributed by atoms with Crippen molar-refractivity contribution in [3.63, 3.8) is 0 Å². The third-order valence-corrected chi connectivity index (χ3v) is 6.26. The van der Waals surface area contributed by atoms with Gasteiger partial charge in [-0.2, -0.15) is 0 Å². The van der Waals surface area contributed by atoms with Crippen LogP contribution in [0.1, 0.15) is 84.9 Å². The van der Waals surface area contributed by atoms with Gasteiger partial charge in [0.1, 0.15) is 0 Å². The zero-order valence-corrected chi connectivity index (χ0v) is 23.2. The van der Waals surface area contributed by atoms with Gasteiger partial charge in [0.25, 0.3) is 0 Å². The molecule has 0 aliphatic heterocycles. The second kappa shape index (κ2) is 14.3. The number of hydrogen-bond donors (Lipinski definition) is 0. The van der Waals surface area contributed by atoms with E-state index in [-0.39, 0.29) is 0 Å². The Morgan fingerprint density at radius 2 is 1.43 bits per heavy atom. The predicted octanol–water partition coefficient (Wildman–Crippen LogP) is 11.2. The van der Waals surface area contributed by atoms with Crippen molar-refractivity contribution in [1.29, 1.82) is 0 Å². The molecule has 0 bridgehead atoms. The lowest BCUT2D eigenvalue weighted by atomic mass is 9.95. The standard InChI is InChI=1S/C26H20.C5H12.2C2H6/c1-18(20-15-14-19-8-2-3-9-21(19)17-20)16-26-24-12-6-4-10-22(24)23-11-5-7-13-25(23)26;1-4-5(2)3;2*1-2/h2-12,14-17H,13H2,1H3;5H,4H2,1-3H3;2*1-2H3/b18-16+;;;. The van der Waals surface area contributed by atoms with E-state index in [0.717, 1.165) is 12.3 Å². The maximum absolute atomic E-state index is 2.37. The van der Waals surface area contributed by atoms with Crippen molar-refractivity contribution in [2.24, 2.45) is 5.92 Å². The summed E-state index contributed by atoms with van der Waals surface area (Å²) in [6.07, 6.45) is 11.4. The Labute approximate surface area is 214 Å². The van der Waals surface area contributed by atoms with Crippen molar-refractivity contribution in [2.45, 2.75) is 68.2 Å². The van der Waals surface area contributed by atoms with Crippen LogP contribution in [0.2, 0.25) is 0 Å². The van der Waals surface area contributed by atoms with Crippen LogP contribution in [0.3, 0.4) is 0 Å². The van der Waals surface area contributed by atoms with E-state index in [1.807, 2.05) is 27.7 Å². The van der Waals surface area contributed by atoms with Crippen LogP contribution in [0.4, 0.5) is 0 Å². The van der Waals surface area contributed by atoms with Gasteiger partial charge in [-0.15, -0.1) is 0 Å². The van der Waals surface area contributed by atoms with Crippen molar-refractivity contribution in [2.75, 3.05) is 0 Å². The molecule has 0 amide bonds. The summed E-state index contributed by atoms with van der Waals surface area (Å²) < 4.78 is 0. The maximum Gasteiger partial charge on any atom is -0.00820 e. The molecule has 0 heteroatoms. The lowest BCUT2D eigenvalue weighted by Gasteiger charge is -2.09. The zero-order chi connectivity index (χ0) is 25.8. The van der Waals surface area contributed by atoms with E-state index in [1.165, 1.54) is 56.2 Å². The van der Waals surface area contributed by atoms with E-state index in [9.17, 15) is 0 Å². The third kappa shape index (κ3) is 6.95. The highest BCUT2D eigenvalue weighted by atomic mass is 14.3.